The Labute approximate surface area is 249 Å². The number of halogens is 1. The van der Waals surface area contributed by atoms with Gasteiger partial charge >= 0.3 is 0 Å². The number of rotatable bonds is 7. The number of ether oxygens (including phenoxy) is 4. The van der Waals surface area contributed by atoms with Crippen LogP contribution < -0.4 is 25.0 Å². The van der Waals surface area contributed by atoms with Crippen LogP contribution in [0, 0.1) is 19.7 Å². The van der Waals surface area contributed by atoms with Crippen molar-refractivity contribution in [2.45, 2.75) is 27.0 Å². The first kappa shape index (κ1) is 28.3. The van der Waals surface area contributed by atoms with Crippen LogP contribution >= 0.6 is 11.3 Å². The second-order valence-corrected chi connectivity index (χ2v) is 10.8. The van der Waals surface area contributed by atoms with Crippen LogP contribution in [0.1, 0.15) is 27.3 Å². The van der Waals surface area contributed by atoms with Gasteiger partial charge < -0.3 is 28.8 Å². The first-order chi connectivity index (χ1) is 20.8. The molecule has 1 N–H and O–H groups in total. The lowest BCUT2D eigenvalue weighted by atomic mass is 10.0. The molecule has 0 fully saturated rings. The number of thiophene rings is 1. The number of aromatic nitrogens is 3. The van der Waals surface area contributed by atoms with Crippen molar-refractivity contribution in [1.29, 1.82) is 0 Å². The quantitative estimate of drug-likeness (QED) is 0.246. The fourth-order valence-corrected chi connectivity index (χ4v) is 6.11. The van der Waals surface area contributed by atoms with Crippen LogP contribution in [-0.4, -0.2) is 41.3 Å². The molecule has 220 valence electrons. The van der Waals surface area contributed by atoms with Gasteiger partial charge in [0.25, 0.3) is 11.8 Å². The number of nitrogens with one attached hydrogen (secondary N) is 1. The van der Waals surface area contributed by atoms with E-state index in [2.05, 4.69) is 15.3 Å². The van der Waals surface area contributed by atoms with Gasteiger partial charge in [-0.25, -0.2) is 9.37 Å². The number of carbonyl (C=O) groups excluding carboxylic acids is 1. The number of anilines is 1. The Morgan fingerprint density at radius 1 is 1.09 bits per heavy atom. The number of benzene rings is 1. The average molecular weight is 603 g/mol. The van der Waals surface area contributed by atoms with Gasteiger partial charge in [-0.3, -0.25) is 14.6 Å². The smallest absolute Gasteiger partial charge is 0.261 e. The number of nitrogens with zero attached hydrogens (tertiary/aromatic N) is 3. The lowest BCUT2D eigenvalue weighted by molar-refractivity contribution is 0.0801. The molecule has 6 rings (SSSR count). The van der Waals surface area contributed by atoms with Gasteiger partial charge in [0.2, 0.25) is 5.43 Å². The third kappa shape index (κ3) is 5.19. The second-order valence-electron chi connectivity index (χ2n) is 9.88. The van der Waals surface area contributed by atoms with Gasteiger partial charge in [0, 0.05) is 47.2 Å². The Kier molecular flexibility index (Phi) is 7.55. The Balaban J connectivity index is 1.31. The molecule has 0 saturated carbocycles. The molecule has 1 aliphatic rings. The fraction of sp³-hybridized carbons (Fsp3) is 0.226. The summed E-state index contributed by atoms with van der Waals surface area (Å²) in [5.41, 5.74) is 3.34. The lowest BCUT2D eigenvalue weighted by Crippen LogP contribution is -2.33. The van der Waals surface area contributed by atoms with Gasteiger partial charge in [0.15, 0.2) is 23.1 Å². The molecule has 0 atom stereocenters. The normalized spacial score (nSPS) is 12.6. The van der Waals surface area contributed by atoms with E-state index in [1.165, 1.54) is 43.9 Å². The lowest BCUT2D eigenvalue weighted by Gasteiger charge is -2.26. The van der Waals surface area contributed by atoms with Gasteiger partial charge in [-0.15, -0.1) is 11.3 Å². The summed E-state index contributed by atoms with van der Waals surface area (Å²) < 4.78 is 39.3. The molecule has 0 saturated heterocycles. The highest BCUT2D eigenvalue weighted by Crippen LogP contribution is 2.35. The summed E-state index contributed by atoms with van der Waals surface area (Å²) in [6.45, 7) is 4.93. The van der Waals surface area contributed by atoms with Crippen LogP contribution in [0.15, 0.2) is 52.8 Å². The van der Waals surface area contributed by atoms with E-state index in [-0.39, 0.29) is 35.2 Å². The van der Waals surface area contributed by atoms with Crippen molar-refractivity contribution in [2.24, 2.45) is 0 Å². The summed E-state index contributed by atoms with van der Waals surface area (Å²) in [5, 5.41) is 4.65. The standard InChI is InChI=1S/C31H27FN4O6S/c1-16-11-25(43-15-16)26-17(2)36-9-10-41-14-21(36)27(29(26)37)30(38)34-18-5-6-22(19(32)12-18)42-23-7-8-33-20-13-24(39-3)31(40-4)35-28(20)23/h5-8,11-13,15H,9-10,14H2,1-4H3,(H,34,38). The SMILES string of the molecule is COc1cc2nccc(Oc3ccc(NC(=O)c4c5n(c(C)c(-c6cc(C)cs6)c4=O)CCOC5)cc3F)c2nc1OC. The first-order valence-corrected chi connectivity index (χ1v) is 14.2. The van der Waals surface area contributed by atoms with E-state index >= 15 is 4.39 Å². The molecule has 12 heteroatoms. The first-order valence-electron chi connectivity index (χ1n) is 13.3. The molecule has 0 spiro atoms. The molecule has 0 aliphatic carbocycles. The van der Waals surface area contributed by atoms with Gasteiger partial charge in [-0.2, -0.15) is 0 Å². The van der Waals surface area contributed by atoms with Gasteiger partial charge in [-0.1, -0.05) is 0 Å². The summed E-state index contributed by atoms with van der Waals surface area (Å²) in [4.78, 5) is 36.8. The molecule has 0 unspecified atom stereocenters. The monoisotopic (exact) mass is 602 g/mol. The predicted molar refractivity (Wildman–Crippen MR) is 160 cm³/mol. The molecule has 1 amide bonds. The van der Waals surface area contributed by atoms with E-state index in [4.69, 9.17) is 18.9 Å². The Bertz CT molecular complexity index is 1950. The summed E-state index contributed by atoms with van der Waals surface area (Å²) in [6, 6.07) is 9.15. The molecule has 5 heterocycles. The van der Waals surface area contributed by atoms with Gasteiger partial charge in [-0.05, 0) is 43.0 Å². The molecule has 43 heavy (non-hydrogen) atoms. The summed E-state index contributed by atoms with van der Waals surface area (Å²) in [6.07, 6.45) is 1.51. The molecule has 0 bridgehead atoms. The topological polar surface area (TPSA) is 114 Å². The van der Waals surface area contributed by atoms with Crippen molar-refractivity contribution in [3.63, 3.8) is 0 Å². The number of pyridine rings is 3. The molecule has 5 aromatic rings. The highest BCUT2D eigenvalue weighted by molar-refractivity contribution is 7.13. The van der Waals surface area contributed by atoms with E-state index in [9.17, 15) is 9.59 Å². The molecular weight excluding hydrogens is 575 g/mol. The van der Waals surface area contributed by atoms with Gasteiger partial charge in [0.05, 0.1) is 44.2 Å². The van der Waals surface area contributed by atoms with E-state index in [0.29, 0.717) is 41.2 Å². The zero-order valence-corrected chi connectivity index (χ0v) is 24.6. The zero-order valence-electron chi connectivity index (χ0n) is 23.8. The van der Waals surface area contributed by atoms with Crippen LogP contribution in [0.4, 0.5) is 10.1 Å². The average Bonchev–Trinajstić information content (AvgIpc) is 3.43. The van der Waals surface area contributed by atoms with Crippen molar-refractivity contribution in [1.82, 2.24) is 14.5 Å². The number of hydrogen-bond donors (Lipinski definition) is 1. The van der Waals surface area contributed by atoms with E-state index in [0.717, 1.165) is 22.2 Å². The number of methoxy groups -OCH3 is 2. The summed E-state index contributed by atoms with van der Waals surface area (Å²) in [5.74, 6) is -0.611. The Morgan fingerprint density at radius 2 is 1.93 bits per heavy atom. The minimum Gasteiger partial charge on any atom is -0.491 e. The third-order valence-electron chi connectivity index (χ3n) is 7.17. The Hall–Kier alpha value is -4.81. The molecule has 10 nitrogen and oxygen atoms in total. The zero-order chi connectivity index (χ0) is 30.2. The van der Waals surface area contributed by atoms with Gasteiger partial charge in [0.1, 0.15) is 11.1 Å². The predicted octanol–water partition coefficient (Wildman–Crippen LogP) is 5.87. The summed E-state index contributed by atoms with van der Waals surface area (Å²) in [7, 11) is 2.95. The number of hydrogen-bond acceptors (Lipinski definition) is 9. The second kappa shape index (κ2) is 11.5. The highest BCUT2D eigenvalue weighted by atomic mass is 32.1. The van der Waals surface area contributed by atoms with Crippen LogP contribution in [0.25, 0.3) is 21.5 Å². The number of aryl methyl sites for hydroxylation is 1. The minimum absolute atomic E-state index is 0.0224. The summed E-state index contributed by atoms with van der Waals surface area (Å²) >= 11 is 1.45. The molecular formula is C31H27FN4O6S. The van der Waals surface area contributed by atoms with E-state index < -0.39 is 17.2 Å². The van der Waals surface area contributed by atoms with Crippen LogP contribution in [0.2, 0.25) is 0 Å². The van der Waals surface area contributed by atoms with Crippen LogP contribution in [-0.2, 0) is 17.9 Å². The van der Waals surface area contributed by atoms with Crippen LogP contribution in [0.3, 0.4) is 0 Å². The maximum Gasteiger partial charge on any atom is 0.261 e. The van der Waals surface area contributed by atoms with Crippen molar-refractivity contribution in [2.75, 3.05) is 26.1 Å². The largest absolute Gasteiger partial charge is 0.491 e. The Morgan fingerprint density at radius 3 is 2.65 bits per heavy atom. The molecule has 1 aliphatic heterocycles. The van der Waals surface area contributed by atoms with Crippen molar-refractivity contribution < 1.29 is 28.1 Å². The number of fused-ring (bicyclic) bond motifs is 2. The maximum absolute atomic E-state index is 15.3. The van der Waals surface area contributed by atoms with Crippen molar-refractivity contribution in [3.8, 4) is 33.6 Å². The molecule has 1 aromatic carbocycles. The highest BCUT2D eigenvalue weighted by Gasteiger charge is 2.28. The minimum atomic E-state index is -0.732. The maximum atomic E-state index is 15.3. The van der Waals surface area contributed by atoms with E-state index in [1.807, 2.05) is 29.9 Å². The third-order valence-corrected chi connectivity index (χ3v) is 8.23. The number of carbonyl (C=O) groups is 1. The van der Waals surface area contributed by atoms with Crippen molar-refractivity contribution in [3.05, 3.63) is 86.5 Å². The van der Waals surface area contributed by atoms with Crippen molar-refractivity contribution >= 4 is 34.0 Å². The molecule has 0 radical (unpaired) electrons. The fourth-order valence-electron chi connectivity index (χ4n) is 5.12. The molecule has 4 aromatic heterocycles. The number of amides is 1. The van der Waals surface area contributed by atoms with E-state index in [1.54, 1.807) is 12.1 Å². The van der Waals surface area contributed by atoms with Crippen LogP contribution in [0.5, 0.6) is 23.1 Å².